The molecule has 1 N–H and O–H groups in total. The fraction of sp³-hybridized carbons (Fsp3) is 0.647. The van der Waals surface area contributed by atoms with E-state index < -0.39 is 0 Å². The van der Waals surface area contributed by atoms with Gasteiger partial charge in [-0.3, -0.25) is 0 Å². The van der Waals surface area contributed by atoms with E-state index in [-0.39, 0.29) is 0 Å². The van der Waals surface area contributed by atoms with Crippen LogP contribution >= 0.6 is 0 Å². The third-order valence-electron chi connectivity index (χ3n) is 3.92. The van der Waals surface area contributed by atoms with Gasteiger partial charge in [0.25, 0.3) is 0 Å². The minimum atomic E-state index is 0.373. The molecule has 2 atom stereocenters. The minimum absolute atomic E-state index is 0.373. The topological polar surface area (TPSA) is 21.3 Å². The van der Waals surface area contributed by atoms with Gasteiger partial charge in [0.1, 0.15) is 5.75 Å². The highest BCUT2D eigenvalue weighted by Gasteiger charge is 2.26. The maximum Gasteiger partial charge on any atom is 0.122 e. The Morgan fingerprint density at radius 1 is 1.32 bits per heavy atom. The van der Waals surface area contributed by atoms with Crippen molar-refractivity contribution in [3.63, 3.8) is 0 Å². The number of nitrogens with one attached hydrogen (secondary N) is 1. The largest absolute Gasteiger partial charge is 0.493 e. The third-order valence-corrected chi connectivity index (χ3v) is 3.92. The van der Waals surface area contributed by atoms with Gasteiger partial charge in [0.15, 0.2) is 0 Å². The molecule has 2 unspecified atom stereocenters. The molecule has 1 heterocycles. The van der Waals surface area contributed by atoms with Crippen molar-refractivity contribution >= 4 is 0 Å². The number of hydrogen-bond acceptors (Lipinski definition) is 2. The molecule has 0 saturated heterocycles. The van der Waals surface area contributed by atoms with E-state index in [9.17, 15) is 0 Å². The predicted octanol–water partition coefficient (Wildman–Crippen LogP) is 3.97. The molecule has 0 bridgehead atoms. The number of benzene rings is 1. The Morgan fingerprint density at radius 3 is 2.74 bits per heavy atom. The predicted molar refractivity (Wildman–Crippen MR) is 80.8 cm³/mol. The Bertz CT molecular complexity index is 408. The maximum absolute atomic E-state index is 5.75. The van der Waals surface area contributed by atoms with Crippen LogP contribution in [0.4, 0.5) is 0 Å². The lowest BCUT2D eigenvalue weighted by Gasteiger charge is -2.32. The summed E-state index contributed by atoms with van der Waals surface area (Å²) in [5.41, 5.74) is 1.76. The van der Waals surface area contributed by atoms with Crippen LogP contribution in [0.25, 0.3) is 0 Å². The highest BCUT2D eigenvalue weighted by molar-refractivity contribution is 5.37. The van der Waals surface area contributed by atoms with E-state index in [4.69, 9.17) is 4.74 Å². The molecule has 1 aromatic carbocycles. The highest BCUT2D eigenvalue weighted by atomic mass is 16.5. The molecule has 0 spiro atoms. The molecule has 0 aromatic heterocycles. The molecule has 0 aliphatic carbocycles. The van der Waals surface area contributed by atoms with E-state index in [0.717, 1.165) is 18.8 Å². The van der Waals surface area contributed by atoms with Crippen LogP contribution in [-0.4, -0.2) is 19.7 Å². The molecular weight excluding hydrogens is 234 g/mol. The van der Waals surface area contributed by atoms with Gasteiger partial charge in [0.05, 0.1) is 6.61 Å². The lowest BCUT2D eigenvalue weighted by Crippen LogP contribution is -2.32. The van der Waals surface area contributed by atoms with Crippen LogP contribution < -0.4 is 10.1 Å². The number of ether oxygens (including phenoxy) is 1. The van der Waals surface area contributed by atoms with Crippen molar-refractivity contribution in [1.82, 2.24) is 5.32 Å². The Kier molecular flexibility index (Phi) is 4.51. The molecule has 19 heavy (non-hydrogen) atoms. The second kappa shape index (κ2) is 5.96. The van der Waals surface area contributed by atoms with E-state index >= 15 is 0 Å². The van der Waals surface area contributed by atoms with E-state index in [1.807, 2.05) is 0 Å². The molecule has 2 nitrogen and oxygen atoms in total. The zero-order valence-corrected chi connectivity index (χ0v) is 12.7. The molecule has 0 amide bonds. The Balaban J connectivity index is 2.07. The van der Waals surface area contributed by atoms with Crippen LogP contribution in [0.5, 0.6) is 5.75 Å². The van der Waals surface area contributed by atoms with Crippen LogP contribution in [0, 0.1) is 5.41 Å². The van der Waals surface area contributed by atoms with Crippen molar-refractivity contribution in [2.45, 2.75) is 52.0 Å². The van der Waals surface area contributed by atoms with Crippen molar-refractivity contribution in [2.24, 2.45) is 5.41 Å². The summed E-state index contributed by atoms with van der Waals surface area (Å²) in [6, 6.07) is 9.09. The molecule has 1 aliphatic rings. The molecule has 2 heteroatoms. The minimum Gasteiger partial charge on any atom is -0.493 e. The van der Waals surface area contributed by atoms with Crippen LogP contribution in [0.15, 0.2) is 24.3 Å². The summed E-state index contributed by atoms with van der Waals surface area (Å²) in [6.45, 7) is 7.80. The van der Waals surface area contributed by atoms with Gasteiger partial charge >= 0.3 is 0 Å². The van der Waals surface area contributed by atoms with Gasteiger partial charge in [0, 0.05) is 6.04 Å². The average molecular weight is 261 g/mol. The molecule has 2 rings (SSSR count). The summed E-state index contributed by atoms with van der Waals surface area (Å²) in [4.78, 5) is 0. The zero-order chi connectivity index (χ0) is 13.9. The Morgan fingerprint density at radius 2 is 2.05 bits per heavy atom. The van der Waals surface area contributed by atoms with Gasteiger partial charge in [-0.25, -0.2) is 0 Å². The van der Waals surface area contributed by atoms with Gasteiger partial charge in [-0.1, -0.05) is 39.0 Å². The number of fused-ring (bicyclic) bond motifs is 1. The zero-order valence-electron chi connectivity index (χ0n) is 12.7. The summed E-state index contributed by atoms with van der Waals surface area (Å²) in [6.07, 6.45) is 3.55. The number of para-hydroxylation sites is 1. The maximum atomic E-state index is 5.75. The van der Waals surface area contributed by atoms with Crippen LogP contribution in [0.1, 0.15) is 51.5 Å². The quantitative estimate of drug-likeness (QED) is 0.885. The summed E-state index contributed by atoms with van der Waals surface area (Å²) in [5, 5.41) is 3.50. The van der Waals surface area contributed by atoms with Crippen molar-refractivity contribution in [1.29, 1.82) is 0 Å². The van der Waals surface area contributed by atoms with Crippen LogP contribution in [-0.2, 0) is 0 Å². The first-order valence-electron chi connectivity index (χ1n) is 7.38. The van der Waals surface area contributed by atoms with Crippen molar-refractivity contribution in [3.8, 4) is 5.75 Å². The van der Waals surface area contributed by atoms with Crippen molar-refractivity contribution < 1.29 is 4.74 Å². The first-order valence-corrected chi connectivity index (χ1v) is 7.38. The fourth-order valence-corrected chi connectivity index (χ4v) is 3.05. The van der Waals surface area contributed by atoms with E-state index in [2.05, 4.69) is 57.4 Å². The lowest BCUT2D eigenvalue weighted by atomic mass is 9.81. The summed E-state index contributed by atoms with van der Waals surface area (Å²) in [7, 11) is 2.08. The monoisotopic (exact) mass is 261 g/mol. The molecule has 0 saturated carbocycles. The second-order valence-electron chi connectivity index (χ2n) is 6.86. The van der Waals surface area contributed by atoms with Gasteiger partial charge in [-0.2, -0.15) is 0 Å². The van der Waals surface area contributed by atoms with Gasteiger partial charge in [-0.15, -0.1) is 0 Å². The smallest absolute Gasteiger partial charge is 0.122 e. The second-order valence-corrected chi connectivity index (χ2v) is 6.86. The first-order chi connectivity index (χ1) is 8.99. The third kappa shape index (κ3) is 3.97. The van der Waals surface area contributed by atoms with E-state index in [0.29, 0.717) is 17.4 Å². The van der Waals surface area contributed by atoms with Gasteiger partial charge < -0.3 is 10.1 Å². The molecule has 106 valence electrons. The normalized spacial score (nSPS) is 20.5. The number of hydrogen-bond donors (Lipinski definition) is 1. The van der Waals surface area contributed by atoms with Crippen molar-refractivity contribution in [3.05, 3.63) is 29.8 Å². The number of rotatable bonds is 4. The molecule has 1 aromatic rings. The highest BCUT2D eigenvalue weighted by Crippen LogP contribution is 2.37. The standard InChI is InChI=1S/C17H27NO/c1-17(2,3)12-14(18-4)11-13-9-10-19-16-8-6-5-7-15(13)16/h5-8,13-14,18H,9-12H2,1-4H3. The van der Waals surface area contributed by atoms with Gasteiger partial charge in [0.2, 0.25) is 0 Å². The first kappa shape index (κ1) is 14.4. The van der Waals surface area contributed by atoms with Crippen LogP contribution in [0.3, 0.4) is 0 Å². The van der Waals surface area contributed by atoms with Gasteiger partial charge in [-0.05, 0) is 49.3 Å². The summed E-state index contributed by atoms with van der Waals surface area (Å²) < 4.78 is 5.75. The molecule has 0 radical (unpaired) electrons. The summed E-state index contributed by atoms with van der Waals surface area (Å²) in [5.74, 6) is 1.72. The molecule has 0 fully saturated rings. The Hall–Kier alpha value is -1.02. The average Bonchev–Trinajstić information content (AvgIpc) is 2.37. The Labute approximate surface area is 117 Å². The lowest BCUT2D eigenvalue weighted by molar-refractivity contribution is 0.241. The van der Waals surface area contributed by atoms with Crippen LogP contribution in [0.2, 0.25) is 0 Å². The SMILES string of the molecule is CNC(CC1CCOc2ccccc21)CC(C)(C)C. The van der Waals surface area contributed by atoms with E-state index in [1.54, 1.807) is 0 Å². The molecular formula is C17H27NO. The van der Waals surface area contributed by atoms with Crippen molar-refractivity contribution in [2.75, 3.05) is 13.7 Å². The fourth-order valence-electron chi connectivity index (χ4n) is 3.05. The van der Waals surface area contributed by atoms with E-state index in [1.165, 1.54) is 18.4 Å². The molecule has 1 aliphatic heterocycles. The summed E-state index contributed by atoms with van der Waals surface area (Å²) >= 11 is 0.